The van der Waals surface area contributed by atoms with Crippen LogP contribution in [0.15, 0.2) is 30.5 Å². The van der Waals surface area contributed by atoms with Crippen LogP contribution in [0, 0.1) is 6.92 Å². The number of aryl methyl sites for hydroxylation is 1. The lowest BCUT2D eigenvalue weighted by Crippen LogP contribution is -1.99. The van der Waals surface area contributed by atoms with Crippen LogP contribution in [0.5, 0.6) is 11.6 Å². The molecule has 4 heteroatoms. The summed E-state index contributed by atoms with van der Waals surface area (Å²) in [6.07, 6.45) is 1.75. The van der Waals surface area contributed by atoms with Crippen molar-refractivity contribution in [1.82, 2.24) is 9.97 Å². The van der Waals surface area contributed by atoms with Gasteiger partial charge in [0.2, 0.25) is 11.8 Å². The van der Waals surface area contributed by atoms with Crippen molar-refractivity contribution in [1.29, 1.82) is 0 Å². The van der Waals surface area contributed by atoms with Gasteiger partial charge in [-0.05, 0) is 30.5 Å². The molecule has 1 aromatic heterocycles. The molecule has 4 nitrogen and oxygen atoms in total. The van der Waals surface area contributed by atoms with E-state index >= 15 is 0 Å². The fraction of sp³-hybridized carbons (Fsp3) is 0.333. The van der Waals surface area contributed by atoms with Crippen LogP contribution >= 0.6 is 0 Å². The second-order valence-corrected chi connectivity index (χ2v) is 4.76. The summed E-state index contributed by atoms with van der Waals surface area (Å²) in [6, 6.07) is 8.09. The van der Waals surface area contributed by atoms with Crippen LogP contribution in [0.2, 0.25) is 0 Å². The number of hydrogen-bond donors (Lipinski definition) is 1. The predicted octanol–water partition coefficient (Wildman–Crippen LogP) is 3.74. The Balaban J connectivity index is 2.20. The molecule has 0 spiro atoms. The van der Waals surface area contributed by atoms with Crippen molar-refractivity contribution < 1.29 is 4.74 Å². The Hall–Kier alpha value is -2.10. The van der Waals surface area contributed by atoms with Gasteiger partial charge >= 0.3 is 0 Å². The third-order valence-electron chi connectivity index (χ3n) is 2.91. The predicted molar refractivity (Wildman–Crippen MR) is 76.9 cm³/mol. The second-order valence-electron chi connectivity index (χ2n) is 4.76. The smallest absolute Gasteiger partial charge is 0.226 e. The van der Waals surface area contributed by atoms with Gasteiger partial charge in [0.05, 0.1) is 0 Å². The van der Waals surface area contributed by atoms with Crippen molar-refractivity contribution in [3.8, 4) is 11.6 Å². The van der Waals surface area contributed by atoms with Crippen LogP contribution in [0.25, 0.3) is 0 Å². The molecule has 1 N–H and O–H groups in total. The third kappa shape index (κ3) is 3.22. The summed E-state index contributed by atoms with van der Waals surface area (Å²) in [5.74, 6) is 2.44. The maximum atomic E-state index is 5.80. The molecule has 19 heavy (non-hydrogen) atoms. The molecule has 0 radical (unpaired) electrons. The number of ether oxygens (including phenoxy) is 1. The Morgan fingerprint density at radius 1 is 1.16 bits per heavy atom. The summed E-state index contributed by atoms with van der Waals surface area (Å²) < 4.78 is 5.80. The van der Waals surface area contributed by atoms with Gasteiger partial charge in [-0.15, -0.1) is 0 Å². The zero-order valence-electron chi connectivity index (χ0n) is 11.8. The zero-order chi connectivity index (χ0) is 13.8. The van der Waals surface area contributed by atoms with Crippen LogP contribution in [0.3, 0.4) is 0 Å². The lowest BCUT2D eigenvalue weighted by molar-refractivity contribution is 0.458. The number of hydrogen-bond acceptors (Lipinski definition) is 4. The van der Waals surface area contributed by atoms with Crippen LogP contribution in [0.4, 0.5) is 5.95 Å². The molecule has 100 valence electrons. The first kappa shape index (κ1) is 13.3. The lowest BCUT2D eigenvalue weighted by Gasteiger charge is -2.10. The highest BCUT2D eigenvalue weighted by Gasteiger charge is 2.06. The molecule has 2 rings (SSSR count). The van der Waals surface area contributed by atoms with Gasteiger partial charge in [0.1, 0.15) is 5.75 Å². The molecular weight excluding hydrogens is 238 g/mol. The molecule has 1 heterocycles. The molecular formula is C15H19N3O. The molecule has 0 amide bonds. The molecule has 0 aliphatic heterocycles. The van der Waals surface area contributed by atoms with E-state index in [2.05, 4.69) is 41.3 Å². The van der Waals surface area contributed by atoms with Gasteiger partial charge in [-0.3, -0.25) is 0 Å². The Bertz CT molecular complexity index is 550. The highest BCUT2D eigenvalue weighted by atomic mass is 16.5. The summed E-state index contributed by atoms with van der Waals surface area (Å²) in [7, 11) is 1.78. The molecule has 0 bridgehead atoms. The minimum absolute atomic E-state index is 0.519. The highest BCUT2D eigenvalue weighted by Crippen LogP contribution is 2.25. The molecule has 1 aromatic carbocycles. The summed E-state index contributed by atoms with van der Waals surface area (Å²) in [5, 5.41) is 2.90. The quantitative estimate of drug-likeness (QED) is 0.906. The molecule has 0 fully saturated rings. The number of benzene rings is 1. The first-order chi connectivity index (χ1) is 9.10. The monoisotopic (exact) mass is 257 g/mol. The van der Waals surface area contributed by atoms with Gasteiger partial charge in [-0.1, -0.05) is 26.0 Å². The van der Waals surface area contributed by atoms with E-state index in [0.29, 0.717) is 17.7 Å². The lowest BCUT2D eigenvalue weighted by atomic mass is 10.0. The van der Waals surface area contributed by atoms with Crippen molar-refractivity contribution in [3.63, 3.8) is 0 Å². The minimum Gasteiger partial charge on any atom is -0.439 e. The van der Waals surface area contributed by atoms with E-state index in [4.69, 9.17) is 4.74 Å². The van der Waals surface area contributed by atoms with Gasteiger partial charge in [0.15, 0.2) is 0 Å². The number of nitrogens with zero attached hydrogens (tertiary/aromatic N) is 2. The molecule has 0 aliphatic rings. The fourth-order valence-electron chi connectivity index (χ4n) is 1.68. The fourth-order valence-corrected chi connectivity index (χ4v) is 1.68. The molecule has 0 aliphatic carbocycles. The van der Waals surface area contributed by atoms with E-state index in [0.717, 1.165) is 11.3 Å². The van der Waals surface area contributed by atoms with E-state index < -0.39 is 0 Å². The minimum atomic E-state index is 0.519. The Kier molecular flexibility index (Phi) is 4.00. The van der Waals surface area contributed by atoms with Gasteiger partial charge in [0, 0.05) is 18.8 Å². The molecule has 0 saturated carbocycles. The van der Waals surface area contributed by atoms with Crippen molar-refractivity contribution in [2.45, 2.75) is 26.7 Å². The largest absolute Gasteiger partial charge is 0.439 e. The highest BCUT2D eigenvalue weighted by molar-refractivity contribution is 5.36. The zero-order valence-corrected chi connectivity index (χ0v) is 11.8. The molecule has 2 aromatic rings. The van der Waals surface area contributed by atoms with Crippen molar-refractivity contribution in [2.75, 3.05) is 12.4 Å². The number of aromatic nitrogens is 2. The molecule has 0 atom stereocenters. The van der Waals surface area contributed by atoms with Crippen LogP contribution in [-0.2, 0) is 0 Å². The van der Waals surface area contributed by atoms with Crippen molar-refractivity contribution in [3.05, 3.63) is 41.6 Å². The first-order valence-corrected chi connectivity index (χ1v) is 6.39. The van der Waals surface area contributed by atoms with E-state index in [-0.39, 0.29) is 0 Å². The van der Waals surface area contributed by atoms with Gasteiger partial charge < -0.3 is 10.1 Å². The SMILES string of the molecule is CNc1ncc(C)c(Oc2ccc(C(C)C)cc2)n1. The van der Waals surface area contributed by atoms with Crippen LogP contribution in [0.1, 0.15) is 30.9 Å². The Labute approximate surface area is 113 Å². The average molecular weight is 257 g/mol. The van der Waals surface area contributed by atoms with Crippen LogP contribution < -0.4 is 10.1 Å². The van der Waals surface area contributed by atoms with Gasteiger partial charge in [-0.2, -0.15) is 4.98 Å². The van der Waals surface area contributed by atoms with Gasteiger partial charge in [0.25, 0.3) is 0 Å². The standard InChI is InChI=1S/C15H19N3O/c1-10(2)12-5-7-13(8-6-12)19-14-11(3)9-17-15(16-4)18-14/h5-10H,1-4H3,(H,16,17,18). The molecule has 0 saturated heterocycles. The third-order valence-corrected chi connectivity index (χ3v) is 2.91. The normalized spacial score (nSPS) is 10.6. The van der Waals surface area contributed by atoms with Crippen LogP contribution in [-0.4, -0.2) is 17.0 Å². The Morgan fingerprint density at radius 3 is 2.42 bits per heavy atom. The van der Waals surface area contributed by atoms with E-state index in [9.17, 15) is 0 Å². The average Bonchev–Trinajstić information content (AvgIpc) is 2.42. The summed E-state index contributed by atoms with van der Waals surface area (Å²) in [5.41, 5.74) is 2.20. The summed E-state index contributed by atoms with van der Waals surface area (Å²) in [4.78, 5) is 8.43. The second kappa shape index (κ2) is 5.69. The van der Waals surface area contributed by atoms with E-state index in [1.54, 1.807) is 13.2 Å². The maximum absolute atomic E-state index is 5.80. The Morgan fingerprint density at radius 2 is 1.84 bits per heavy atom. The van der Waals surface area contributed by atoms with Crippen molar-refractivity contribution in [2.24, 2.45) is 0 Å². The number of anilines is 1. The first-order valence-electron chi connectivity index (χ1n) is 6.39. The maximum Gasteiger partial charge on any atom is 0.226 e. The summed E-state index contributed by atoms with van der Waals surface area (Å²) >= 11 is 0. The van der Waals surface area contributed by atoms with Gasteiger partial charge in [-0.25, -0.2) is 4.98 Å². The van der Waals surface area contributed by atoms with E-state index in [1.807, 2.05) is 19.1 Å². The topological polar surface area (TPSA) is 47.0 Å². The number of nitrogens with one attached hydrogen (secondary N) is 1. The molecule has 0 unspecified atom stereocenters. The summed E-state index contributed by atoms with van der Waals surface area (Å²) in [6.45, 7) is 6.27. The number of rotatable bonds is 4. The van der Waals surface area contributed by atoms with E-state index in [1.165, 1.54) is 5.56 Å². The van der Waals surface area contributed by atoms with Crippen molar-refractivity contribution >= 4 is 5.95 Å².